The van der Waals surface area contributed by atoms with Gasteiger partial charge in [-0.05, 0) is 42.7 Å². The normalized spacial score (nSPS) is 16.1. The molecule has 1 unspecified atom stereocenters. The van der Waals surface area contributed by atoms with Gasteiger partial charge in [-0.3, -0.25) is 14.9 Å². The van der Waals surface area contributed by atoms with Crippen LogP contribution in [-0.2, 0) is 16.0 Å². The number of rotatable bonds is 5. The number of nitrogens with one attached hydrogen (secondary N) is 1. The number of hydrogen-bond acceptors (Lipinski definition) is 4. The molecule has 9 heteroatoms. The Morgan fingerprint density at radius 3 is 2.53 bits per heavy atom. The molecule has 1 aromatic heterocycles. The lowest BCUT2D eigenvalue weighted by atomic mass is 9.96. The first-order valence-electron chi connectivity index (χ1n) is 10.1. The Morgan fingerprint density at radius 2 is 1.81 bits per heavy atom. The molecule has 0 saturated carbocycles. The summed E-state index contributed by atoms with van der Waals surface area (Å²) in [5.74, 6) is -2.99. The second kappa shape index (κ2) is 9.25. The average molecular weight is 443 g/mol. The third kappa shape index (κ3) is 4.82. The van der Waals surface area contributed by atoms with Gasteiger partial charge in [-0.1, -0.05) is 18.2 Å². The maximum atomic E-state index is 13.9. The summed E-state index contributed by atoms with van der Waals surface area (Å²) in [5, 5.41) is 2.51. The fourth-order valence-corrected chi connectivity index (χ4v) is 3.70. The number of likely N-dealkylation sites (tertiary alicyclic amines) is 1. The summed E-state index contributed by atoms with van der Waals surface area (Å²) in [6, 6.07) is 8.97. The number of benzene rings is 2. The van der Waals surface area contributed by atoms with Gasteiger partial charge >= 0.3 is 6.01 Å². The Bertz CT molecular complexity index is 1110. The summed E-state index contributed by atoms with van der Waals surface area (Å²) in [5.41, 5.74) is 0.276. The molecule has 6 nitrogen and oxygen atoms in total. The SMILES string of the molecule is O=C(Nc1nc(-c2c(F)cccc2F)co1)C1CCCN(C(=O)Cc2ccc(F)cc2)C1. The van der Waals surface area contributed by atoms with E-state index in [1.807, 2.05) is 0 Å². The van der Waals surface area contributed by atoms with E-state index in [2.05, 4.69) is 10.3 Å². The predicted octanol–water partition coefficient (Wildman–Crippen LogP) is 4.18. The molecule has 0 aliphatic carbocycles. The average Bonchev–Trinajstić information content (AvgIpc) is 3.23. The monoisotopic (exact) mass is 443 g/mol. The van der Waals surface area contributed by atoms with Crippen LogP contribution in [0.1, 0.15) is 18.4 Å². The first kappa shape index (κ1) is 21.6. The van der Waals surface area contributed by atoms with Crippen LogP contribution in [0.15, 0.2) is 53.1 Å². The second-order valence-corrected chi connectivity index (χ2v) is 7.61. The molecule has 166 valence electrons. The maximum Gasteiger partial charge on any atom is 0.301 e. The highest BCUT2D eigenvalue weighted by molar-refractivity contribution is 5.91. The molecule has 0 bridgehead atoms. The number of hydrogen-bond donors (Lipinski definition) is 1. The van der Waals surface area contributed by atoms with Gasteiger partial charge in [-0.2, -0.15) is 4.98 Å². The number of carbonyl (C=O) groups is 2. The first-order chi connectivity index (χ1) is 15.4. The van der Waals surface area contributed by atoms with Gasteiger partial charge in [0.1, 0.15) is 29.4 Å². The van der Waals surface area contributed by atoms with Crippen molar-refractivity contribution in [2.75, 3.05) is 18.4 Å². The molecule has 32 heavy (non-hydrogen) atoms. The second-order valence-electron chi connectivity index (χ2n) is 7.61. The Kier molecular flexibility index (Phi) is 6.25. The van der Waals surface area contributed by atoms with Gasteiger partial charge in [0.2, 0.25) is 11.8 Å². The van der Waals surface area contributed by atoms with Gasteiger partial charge in [0.05, 0.1) is 17.9 Å². The van der Waals surface area contributed by atoms with E-state index >= 15 is 0 Å². The van der Waals surface area contributed by atoms with Crippen LogP contribution in [0.25, 0.3) is 11.3 Å². The van der Waals surface area contributed by atoms with Crippen molar-refractivity contribution < 1.29 is 27.2 Å². The smallest absolute Gasteiger partial charge is 0.301 e. The Labute approximate surface area is 182 Å². The number of anilines is 1. The molecule has 1 aliphatic rings. The molecule has 0 radical (unpaired) electrons. The van der Waals surface area contributed by atoms with Crippen LogP contribution in [0.3, 0.4) is 0 Å². The van der Waals surface area contributed by atoms with Gasteiger partial charge in [0.15, 0.2) is 0 Å². The molecule has 2 amide bonds. The van der Waals surface area contributed by atoms with Crippen molar-refractivity contribution in [3.05, 3.63) is 71.7 Å². The van der Waals surface area contributed by atoms with Crippen LogP contribution in [0.4, 0.5) is 19.2 Å². The van der Waals surface area contributed by atoms with Gasteiger partial charge in [0.25, 0.3) is 0 Å². The van der Waals surface area contributed by atoms with Gasteiger partial charge in [-0.15, -0.1) is 0 Å². The van der Waals surface area contributed by atoms with Crippen molar-refractivity contribution in [1.82, 2.24) is 9.88 Å². The molecule has 1 N–H and O–H groups in total. The summed E-state index contributed by atoms with van der Waals surface area (Å²) in [6.45, 7) is 0.751. The lowest BCUT2D eigenvalue weighted by Gasteiger charge is -2.32. The molecule has 1 atom stereocenters. The minimum atomic E-state index is -0.793. The first-order valence-corrected chi connectivity index (χ1v) is 10.1. The van der Waals surface area contributed by atoms with E-state index in [4.69, 9.17) is 4.42 Å². The zero-order valence-corrected chi connectivity index (χ0v) is 17.0. The maximum absolute atomic E-state index is 13.9. The zero-order chi connectivity index (χ0) is 22.7. The van der Waals surface area contributed by atoms with E-state index in [0.29, 0.717) is 24.9 Å². The van der Waals surface area contributed by atoms with E-state index in [1.165, 1.54) is 18.2 Å². The van der Waals surface area contributed by atoms with E-state index in [-0.39, 0.29) is 42.0 Å². The number of halogens is 3. The van der Waals surface area contributed by atoms with Crippen molar-refractivity contribution in [1.29, 1.82) is 0 Å². The highest BCUT2D eigenvalue weighted by Crippen LogP contribution is 2.27. The molecular weight excluding hydrogens is 423 g/mol. The number of aromatic nitrogens is 1. The highest BCUT2D eigenvalue weighted by Gasteiger charge is 2.29. The summed E-state index contributed by atoms with van der Waals surface area (Å²) in [6.07, 6.45) is 2.40. The molecular formula is C23H20F3N3O3. The van der Waals surface area contributed by atoms with Crippen LogP contribution < -0.4 is 5.32 Å². The summed E-state index contributed by atoms with van der Waals surface area (Å²) < 4.78 is 46.1. The van der Waals surface area contributed by atoms with E-state index in [0.717, 1.165) is 18.4 Å². The molecule has 0 spiro atoms. The van der Waals surface area contributed by atoms with Crippen molar-refractivity contribution in [3.63, 3.8) is 0 Å². The van der Waals surface area contributed by atoms with Crippen molar-refractivity contribution in [2.24, 2.45) is 5.92 Å². The third-order valence-corrected chi connectivity index (χ3v) is 5.37. The van der Waals surface area contributed by atoms with Crippen LogP contribution in [0, 0.1) is 23.4 Å². The van der Waals surface area contributed by atoms with E-state index in [1.54, 1.807) is 17.0 Å². The van der Waals surface area contributed by atoms with Crippen LogP contribution in [0.5, 0.6) is 0 Å². The van der Waals surface area contributed by atoms with Crippen LogP contribution >= 0.6 is 0 Å². The third-order valence-electron chi connectivity index (χ3n) is 5.37. The van der Waals surface area contributed by atoms with E-state index in [9.17, 15) is 22.8 Å². The number of amides is 2. The molecule has 1 aliphatic heterocycles. The highest BCUT2D eigenvalue weighted by atomic mass is 19.1. The summed E-state index contributed by atoms with van der Waals surface area (Å²) in [4.78, 5) is 30.8. The number of nitrogens with zero attached hydrogens (tertiary/aromatic N) is 2. The Morgan fingerprint density at radius 1 is 1.09 bits per heavy atom. The summed E-state index contributed by atoms with van der Waals surface area (Å²) in [7, 11) is 0. The van der Waals surface area contributed by atoms with Crippen LogP contribution in [0.2, 0.25) is 0 Å². The van der Waals surface area contributed by atoms with Crippen molar-refractivity contribution in [2.45, 2.75) is 19.3 Å². The fourth-order valence-electron chi connectivity index (χ4n) is 3.70. The van der Waals surface area contributed by atoms with Gasteiger partial charge in [0, 0.05) is 13.1 Å². The van der Waals surface area contributed by atoms with Gasteiger partial charge < -0.3 is 9.32 Å². The summed E-state index contributed by atoms with van der Waals surface area (Å²) >= 11 is 0. The quantitative estimate of drug-likeness (QED) is 0.642. The molecule has 2 heterocycles. The lowest BCUT2D eigenvalue weighted by Crippen LogP contribution is -2.44. The Balaban J connectivity index is 1.38. The molecule has 2 aromatic carbocycles. The molecule has 4 rings (SSSR count). The van der Waals surface area contributed by atoms with Crippen molar-refractivity contribution >= 4 is 17.8 Å². The van der Waals surface area contributed by atoms with Crippen molar-refractivity contribution in [3.8, 4) is 11.3 Å². The van der Waals surface area contributed by atoms with E-state index < -0.39 is 23.5 Å². The Hall–Kier alpha value is -3.62. The number of carbonyl (C=O) groups excluding carboxylic acids is 2. The fraction of sp³-hybridized carbons (Fsp3) is 0.261. The topological polar surface area (TPSA) is 75.4 Å². The zero-order valence-electron chi connectivity index (χ0n) is 17.0. The molecule has 1 saturated heterocycles. The number of piperidine rings is 1. The molecule has 1 fully saturated rings. The molecule has 3 aromatic rings. The predicted molar refractivity (Wildman–Crippen MR) is 110 cm³/mol. The number of oxazole rings is 1. The standard InChI is InChI=1S/C23H20F3N3O3/c24-16-8-6-14(7-9-16)11-20(30)29-10-2-3-15(12-29)22(31)28-23-27-19(13-32-23)21-17(25)4-1-5-18(21)26/h1,4-9,13,15H,2-3,10-12H2,(H,27,28,31). The van der Waals surface area contributed by atoms with Gasteiger partial charge in [-0.25, -0.2) is 13.2 Å². The minimum absolute atomic E-state index is 0.0735. The largest absolute Gasteiger partial charge is 0.431 e. The minimum Gasteiger partial charge on any atom is -0.431 e. The van der Waals surface area contributed by atoms with Crippen LogP contribution in [-0.4, -0.2) is 34.8 Å². The lowest BCUT2D eigenvalue weighted by molar-refractivity contribution is -0.133.